The molecule has 1 aliphatic rings. The maximum absolute atomic E-state index is 12.2. The summed E-state index contributed by atoms with van der Waals surface area (Å²) in [6.07, 6.45) is 13.1. The number of rotatable bonds is 3. The second-order valence-corrected chi connectivity index (χ2v) is 4.76. The van der Waals surface area contributed by atoms with Crippen molar-refractivity contribution < 1.29 is 4.79 Å². The number of benzene rings is 1. The average molecular weight is 265 g/mol. The number of hydrogen-bond acceptors (Lipinski definition) is 3. The first-order valence-electron chi connectivity index (χ1n) is 6.62. The number of nitrogens with zero attached hydrogens (tertiary/aromatic N) is 3. The molecule has 0 atom stereocenters. The Bertz CT molecular complexity index is 669. The molecule has 1 aromatic heterocycles. The van der Waals surface area contributed by atoms with Gasteiger partial charge in [-0.05, 0) is 30.0 Å². The smallest absolute Gasteiger partial charge is 0.184 e. The molecule has 0 saturated heterocycles. The molecule has 1 heterocycles. The van der Waals surface area contributed by atoms with E-state index in [1.54, 1.807) is 11.0 Å². The van der Waals surface area contributed by atoms with Gasteiger partial charge < -0.3 is 0 Å². The van der Waals surface area contributed by atoms with Gasteiger partial charge in [-0.15, -0.1) is 0 Å². The number of allylic oxidation sites excluding steroid dienone is 4. The Hall–Kier alpha value is -2.49. The van der Waals surface area contributed by atoms with Crippen LogP contribution in [0.3, 0.4) is 0 Å². The SMILES string of the molecule is O=C(Cn1cncn1)c1ccc2c(c1)C/C=C\C=C/C2. The zero-order valence-electron chi connectivity index (χ0n) is 11.1. The lowest BCUT2D eigenvalue weighted by Crippen LogP contribution is -2.11. The first-order valence-corrected chi connectivity index (χ1v) is 6.62. The van der Waals surface area contributed by atoms with Gasteiger partial charge in [-0.25, -0.2) is 9.67 Å². The zero-order valence-corrected chi connectivity index (χ0v) is 11.1. The summed E-state index contributed by atoms with van der Waals surface area (Å²) < 4.78 is 1.54. The first-order chi connectivity index (χ1) is 9.83. The van der Waals surface area contributed by atoms with E-state index in [9.17, 15) is 4.79 Å². The van der Waals surface area contributed by atoms with Crippen LogP contribution >= 0.6 is 0 Å². The molecular weight excluding hydrogens is 250 g/mol. The molecule has 0 bridgehead atoms. The third-order valence-corrected chi connectivity index (χ3v) is 3.36. The van der Waals surface area contributed by atoms with Crippen molar-refractivity contribution in [2.45, 2.75) is 19.4 Å². The first kappa shape index (κ1) is 12.5. The molecule has 4 nitrogen and oxygen atoms in total. The van der Waals surface area contributed by atoms with Gasteiger partial charge in [-0.2, -0.15) is 5.10 Å². The van der Waals surface area contributed by atoms with Crippen LogP contribution in [0.2, 0.25) is 0 Å². The molecule has 1 aliphatic carbocycles. The highest BCUT2D eigenvalue weighted by Gasteiger charge is 2.10. The van der Waals surface area contributed by atoms with Gasteiger partial charge in [0.05, 0.1) is 0 Å². The average Bonchev–Trinajstić information content (AvgIpc) is 2.92. The van der Waals surface area contributed by atoms with Crippen molar-refractivity contribution in [2.24, 2.45) is 0 Å². The summed E-state index contributed by atoms with van der Waals surface area (Å²) in [6.45, 7) is 0.231. The third kappa shape index (κ3) is 2.74. The van der Waals surface area contributed by atoms with Crippen LogP contribution in [-0.2, 0) is 19.4 Å². The van der Waals surface area contributed by atoms with Crippen molar-refractivity contribution in [3.05, 3.63) is 71.8 Å². The highest BCUT2D eigenvalue weighted by atomic mass is 16.1. The maximum Gasteiger partial charge on any atom is 0.184 e. The fourth-order valence-electron chi connectivity index (χ4n) is 2.29. The topological polar surface area (TPSA) is 47.8 Å². The minimum atomic E-state index is 0.0554. The fourth-order valence-corrected chi connectivity index (χ4v) is 2.29. The second kappa shape index (κ2) is 5.65. The van der Waals surface area contributed by atoms with Crippen molar-refractivity contribution in [3.8, 4) is 0 Å². The maximum atomic E-state index is 12.2. The Morgan fingerprint density at radius 3 is 2.70 bits per heavy atom. The van der Waals surface area contributed by atoms with Gasteiger partial charge in [0.15, 0.2) is 5.78 Å². The summed E-state index contributed by atoms with van der Waals surface area (Å²) in [4.78, 5) is 16.1. The van der Waals surface area contributed by atoms with E-state index in [1.807, 2.05) is 24.3 Å². The molecule has 0 unspecified atom stereocenters. The normalized spacial score (nSPS) is 16.8. The molecule has 0 fully saturated rings. The van der Waals surface area contributed by atoms with Crippen LogP contribution in [0.1, 0.15) is 21.5 Å². The minimum Gasteiger partial charge on any atom is -0.292 e. The molecule has 20 heavy (non-hydrogen) atoms. The number of carbonyl (C=O) groups is 1. The highest BCUT2D eigenvalue weighted by molar-refractivity contribution is 5.96. The van der Waals surface area contributed by atoms with Gasteiger partial charge in [-0.3, -0.25) is 4.79 Å². The van der Waals surface area contributed by atoms with E-state index in [0.717, 1.165) is 18.4 Å². The van der Waals surface area contributed by atoms with Gasteiger partial charge in [0.1, 0.15) is 19.2 Å². The largest absolute Gasteiger partial charge is 0.292 e. The van der Waals surface area contributed by atoms with Gasteiger partial charge >= 0.3 is 0 Å². The van der Waals surface area contributed by atoms with Gasteiger partial charge in [-0.1, -0.05) is 36.4 Å². The highest BCUT2D eigenvalue weighted by Crippen LogP contribution is 2.17. The van der Waals surface area contributed by atoms with Crippen LogP contribution in [-0.4, -0.2) is 20.5 Å². The molecule has 3 rings (SSSR count). The predicted octanol–water partition coefficient (Wildman–Crippen LogP) is 2.37. The van der Waals surface area contributed by atoms with E-state index >= 15 is 0 Å². The number of carbonyl (C=O) groups excluding carboxylic acids is 1. The summed E-state index contributed by atoms with van der Waals surface area (Å²) in [7, 11) is 0. The summed E-state index contributed by atoms with van der Waals surface area (Å²) in [5, 5.41) is 3.96. The van der Waals surface area contributed by atoms with Crippen LogP contribution in [0.5, 0.6) is 0 Å². The van der Waals surface area contributed by atoms with Crippen molar-refractivity contribution in [2.75, 3.05) is 0 Å². The molecule has 0 amide bonds. The summed E-state index contributed by atoms with van der Waals surface area (Å²) in [5.41, 5.74) is 3.23. The number of fused-ring (bicyclic) bond motifs is 1. The molecule has 4 heteroatoms. The molecule has 0 saturated carbocycles. The second-order valence-electron chi connectivity index (χ2n) is 4.76. The molecule has 0 spiro atoms. The number of aromatic nitrogens is 3. The van der Waals surface area contributed by atoms with Gasteiger partial charge in [0.25, 0.3) is 0 Å². The van der Waals surface area contributed by atoms with Gasteiger partial charge in [0, 0.05) is 5.56 Å². The van der Waals surface area contributed by atoms with Crippen LogP contribution in [0.4, 0.5) is 0 Å². The Balaban J connectivity index is 1.84. The molecule has 100 valence electrons. The minimum absolute atomic E-state index is 0.0554. The van der Waals surface area contributed by atoms with E-state index < -0.39 is 0 Å². The fraction of sp³-hybridized carbons (Fsp3) is 0.188. The number of Topliss-reactive ketones (excluding diaryl/α,β-unsaturated/α-hetero) is 1. The van der Waals surface area contributed by atoms with E-state index in [2.05, 4.69) is 28.3 Å². The lowest BCUT2D eigenvalue weighted by molar-refractivity contribution is 0.0967. The van der Waals surface area contributed by atoms with E-state index in [1.165, 1.54) is 17.5 Å². The molecular formula is C16H15N3O. The molecule has 1 aromatic carbocycles. The Morgan fingerprint density at radius 1 is 1.15 bits per heavy atom. The van der Waals surface area contributed by atoms with Crippen molar-refractivity contribution in [1.82, 2.24) is 14.8 Å². The summed E-state index contributed by atoms with van der Waals surface area (Å²) in [5.74, 6) is 0.0554. The lowest BCUT2D eigenvalue weighted by Gasteiger charge is -2.10. The zero-order chi connectivity index (χ0) is 13.8. The van der Waals surface area contributed by atoms with E-state index in [4.69, 9.17) is 0 Å². The number of hydrogen-bond donors (Lipinski definition) is 0. The molecule has 2 aromatic rings. The summed E-state index contributed by atoms with van der Waals surface area (Å²) in [6, 6.07) is 5.95. The Morgan fingerprint density at radius 2 is 1.95 bits per heavy atom. The molecule has 0 aliphatic heterocycles. The van der Waals surface area contributed by atoms with Crippen molar-refractivity contribution in [1.29, 1.82) is 0 Å². The molecule has 0 radical (unpaired) electrons. The Labute approximate surface area is 117 Å². The molecule has 0 N–H and O–H groups in total. The van der Waals surface area contributed by atoms with Crippen LogP contribution in [0.15, 0.2) is 55.2 Å². The predicted molar refractivity (Wildman–Crippen MR) is 76.5 cm³/mol. The van der Waals surface area contributed by atoms with Crippen LogP contribution in [0, 0.1) is 0 Å². The van der Waals surface area contributed by atoms with Crippen LogP contribution < -0.4 is 0 Å². The van der Waals surface area contributed by atoms with Gasteiger partial charge in [0.2, 0.25) is 0 Å². The summed E-state index contributed by atoms with van der Waals surface area (Å²) >= 11 is 0. The standard InChI is InChI=1S/C16H15N3O/c20-16(10-19-12-17-11-18-19)15-8-7-13-5-3-1-2-4-6-14(13)9-15/h1-4,7-9,11-12H,5-6,10H2/b3-1-,4-2-. The van der Waals surface area contributed by atoms with E-state index in [-0.39, 0.29) is 12.3 Å². The Kier molecular flexibility index (Phi) is 3.54. The lowest BCUT2D eigenvalue weighted by atomic mass is 9.96. The number of ketones is 1. The van der Waals surface area contributed by atoms with Crippen molar-refractivity contribution in [3.63, 3.8) is 0 Å². The van der Waals surface area contributed by atoms with Crippen molar-refractivity contribution >= 4 is 5.78 Å². The van der Waals surface area contributed by atoms with Crippen LogP contribution in [0.25, 0.3) is 0 Å². The van der Waals surface area contributed by atoms with E-state index in [0.29, 0.717) is 0 Å². The monoisotopic (exact) mass is 265 g/mol. The third-order valence-electron chi connectivity index (χ3n) is 3.36. The quantitative estimate of drug-likeness (QED) is 0.800.